The van der Waals surface area contributed by atoms with Gasteiger partial charge in [-0.25, -0.2) is 4.98 Å². The first-order valence-electron chi connectivity index (χ1n) is 7.10. The normalized spacial score (nSPS) is 16.4. The molecule has 0 radical (unpaired) electrons. The van der Waals surface area contributed by atoms with Gasteiger partial charge in [-0.15, -0.1) is 11.3 Å². The van der Waals surface area contributed by atoms with Gasteiger partial charge in [-0.1, -0.05) is 0 Å². The van der Waals surface area contributed by atoms with Crippen LogP contribution in [0.15, 0.2) is 22.1 Å². The van der Waals surface area contributed by atoms with Gasteiger partial charge < -0.3 is 9.32 Å². The smallest absolute Gasteiger partial charge is 0.289 e. The average molecular weight is 305 g/mol. The highest BCUT2D eigenvalue weighted by atomic mass is 32.1. The summed E-state index contributed by atoms with van der Waals surface area (Å²) in [4.78, 5) is 21.1. The largest absolute Gasteiger partial charge is 0.459 e. The molecule has 2 aromatic heterocycles. The van der Waals surface area contributed by atoms with Crippen LogP contribution in [-0.2, 0) is 6.54 Å². The van der Waals surface area contributed by atoms with Gasteiger partial charge in [-0.05, 0) is 19.9 Å². The molecule has 21 heavy (non-hydrogen) atoms. The summed E-state index contributed by atoms with van der Waals surface area (Å²) in [5.74, 6) is 0.472. The highest BCUT2D eigenvalue weighted by Crippen LogP contribution is 2.16. The van der Waals surface area contributed by atoms with Crippen molar-refractivity contribution in [2.75, 3.05) is 26.2 Å². The van der Waals surface area contributed by atoms with E-state index in [1.54, 1.807) is 17.6 Å². The van der Waals surface area contributed by atoms with Crippen molar-refractivity contribution in [2.45, 2.75) is 20.4 Å². The fourth-order valence-corrected chi connectivity index (χ4v) is 3.16. The van der Waals surface area contributed by atoms with Gasteiger partial charge in [-0.3, -0.25) is 9.69 Å². The summed E-state index contributed by atoms with van der Waals surface area (Å²) in [6.07, 6.45) is 1.57. The van der Waals surface area contributed by atoms with Crippen molar-refractivity contribution < 1.29 is 9.21 Å². The second kappa shape index (κ2) is 5.99. The van der Waals surface area contributed by atoms with E-state index in [0.717, 1.165) is 49.0 Å². The topological polar surface area (TPSA) is 49.6 Å². The number of carbonyl (C=O) groups excluding carboxylic acids is 1. The standard InChI is InChI=1S/C15H19N3O2S/c1-11-3-8-20-14(11)15(19)18-6-4-17(5-7-18)9-13-10-21-12(2)16-13/h3,8,10H,4-7,9H2,1-2H3. The lowest BCUT2D eigenvalue weighted by Gasteiger charge is -2.34. The van der Waals surface area contributed by atoms with Crippen LogP contribution in [0.2, 0.25) is 0 Å². The molecule has 1 aliphatic heterocycles. The fourth-order valence-electron chi connectivity index (χ4n) is 2.55. The Morgan fingerprint density at radius 2 is 2.10 bits per heavy atom. The van der Waals surface area contributed by atoms with E-state index in [-0.39, 0.29) is 5.91 Å². The summed E-state index contributed by atoms with van der Waals surface area (Å²) in [5, 5.41) is 3.21. The summed E-state index contributed by atoms with van der Waals surface area (Å²) < 4.78 is 5.29. The monoisotopic (exact) mass is 305 g/mol. The second-order valence-corrected chi connectivity index (χ2v) is 6.42. The predicted molar refractivity (Wildman–Crippen MR) is 81.5 cm³/mol. The van der Waals surface area contributed by atoms with Crippen molar-refractivity contribution in [3.8, 4) is 0 Å². The molecule has 6 heteroatoms. The average Bonchev–Trinajstić information content (AvgIpc) is 3.08. The van der Waals surface area contributed by atoms with E-state index < -0.39 is 0 Å². The molecular formula is C15H19N3O2S. The Balaban J connectivity index is 1.55. The summed E-state index contributed by atoms with van der Waals surface area (Å²) in [6, 6.07) is 1.83. The van der Waals surface area contributed by atoms with E-state index in [2.05, 4.69) is 15.3 Å². The first-order valence-corrected chi connectivity index (χ1v) is 7.98. The molecule has 3 rings (SSSR count). The van der Waals surface area contributed by atoms with Crippen molar-refractivity contribution in [3.05, 3.63) is 39.7 Å². The molecule has 2 aromatic rings. The molecular weight excluding hydrogens is 286 g/mol. The van der Waals surface area contributed by atoms with Crippen LogP contribution < -0.4 is 0 Å². The Bertz CT molecular complexity index is 626. The van der Waals surface area contributed by atoms with Crippen molar-refractivity contribution in [1.82, 2.24) is 14.8 Å². The van der Waals surface area contributed by atoms with Gasteiger partial charge in [-0.2, -0.15) is 0 Å². The number of aryl methyl sites for hydroxylation is 2. The molecule has 0 spiro atoms. The molecule has 1 aliphatic rings. The van der Waals surface area contributed by atoms with E-state index in [4.69, 9.17) is 4.42 Å². The van der Waals surface area contributed by atoms with E-state index in [1.165, 1.54) is 0 Å². The Labute approximate surface area is 128 Å². The maximum absolute atomic E-state index is 12.4. The molecule has 1 saturated heterocycles. The third-order valence-electron chi connectivity index (χ3n) is 3.77. The Kier molecular flexibility index (Phi) is 4.07. The lowest BCUT2D eigenvalue weighted by atomic mass is 10.2. The molecule has 3 heterocycles. The van der Waals surface area contributed by atoms with Crippen LogP contribution in [-0.4, -0.2) is 46.9 Å². The third kappa shape index (κ3) is 3.16. The molecule has 0 saturated carbocycles. The van der Waals surface area contributed by atoms with Crippen molar-refractivity contribution >= 4 is 17.2 Å². The molecule has 1 fully saturated rings. The molecule has 0 aromatic carbocycles. The number of thiazole rings is 1. The summed E-state index contributed by atoms with van der Waals surface area (Å²) in [7, 11) is 0. The van der Waals surface area contributed by atoms with Crippen molar-refractivity contribution in [1.29, 1.82) is 0 Å². The molecule has 0 aliphatic carbocycles. The van der Waals surface area contributed by atoms with Crippen LogP contribution in [0.3, 0.4) is 0 Å². The number of hydrogen-bond acceptors (Lipinski definition) is 5. The van der Waals surface area contributed by atoms with E-state index in [1.807, 2.05) is 24.8 Å². The van der Waals surface area contributed by atoms with Crippen LogP contribution in [0.1, 0.15) is 26.8 Å². The Morgan fingerprint density at radius 1 is 1.33 bits per heavy atom. The lowest BCUT2D eigenvalue weighted by Crippen LogP contribution is -2.48. The SMILES string of the molecule is Cc1nc(CN2CCN(C(=O)c3occc3C)CC2)cs1. The molecule has 0 unspecified atom stereocenters. The predicted octanol–water partition coefficient (Wildman–Crippen LogP) is 2.31. The lowest BCUT2D eigenvalue weighted by molar-refractivity contribution is 0.0595. The molecule has 1 amide bonds. The summed E-state index contributed by atoms with van der Waals surface area (Å²) >= 11 is 1.68. The Hall–Kier alpha value is -1.66. The number of aromatic nitrogens is 1. The molecule has 0 N–H and O–H groups in total. The summed E-state index contributed by atoms with van der Waals surface area (Å²) in [6.45, 7) is 8.02. The third-order valence-corrected chi connectivity index (χ3v) is 4.59. The zero-order valence-electron chi connectivity index (χ0n) is 12.3. The van der Waals surface area contributed by atoms with Crippen LogP contribution in [0.5, 0.6) is 0 Å². The minimum absolute atomic E-state index is 0.00153. The number of amides is 1. The van der Waals surface area contributed by atoms with Gasteiger partial charge in [0.15, 0.2) is 5.76 Å². The number of furan rings is 1. The van der Waals surface area contributed by atoms with Gasteiger partial charge in [0.05, 0.1) is 17.0 Å². The number of nitrogens with zero attached hydrogens (tertiary/aromatic N) is 3. The maximum atomic E-state index is 12.4. The first kappa shape index (κ1) is 14.3. The number of hydrogen-bond donors (Lipinski definition) is 0. The van der Waals surface area contributed by atoms with Gasteiger partial charge >= 0.3 is 0 Å². The van der Waals surface area contributed by atoms with Crippen LogP contribution >= 0.6 is 11.3 Å². The molecule has 0 atom stereocenters. The Morgan fingerprint density at radius 3 is 2.67 bits per heavy atom. The molecule has 5 nitrogen and oxygen atoms in total. The van der Waals surface area contributed by atoms with Crippen LogP contribution in [0.25, 0.3) is 0 Å². The zero-order chi connectivity index (χ0) is 14.8. The van der Waals surface area contributed by atoms with Gasteiger partial charge in [0.2, 0.25) is 0 Å². The van der Waals surface area contributed by atoms with Crippen molar-refractivity contribution in [2.24, 2.45) is 0 Å². The molecule has 112 valence electrons. The van der Waals surface area contributed by atoms with Gasteiger partial charge in [0.1, 0.15) is 0 Å². The van der Waals surface area contributed by atoms with Gasteiger partial charge in [0, 0.05) is 43.7 Å². The highest BCUT2D eigenvalue weighted by molar-refractivity contribution is 7.09. The number of carbonyl (C=O) groups is 1. The second-order valence-electron chi connectivity index (χ2n) is 5.36. The highest BCUT2D eigenvalue weighted by Gasteiger charge is 2.25. The number of piperazine rings is 1. The molecule has 0 bridgehead atoms. The summed E-state index contributed by atoms with van der Waals surface area (Å²) in [5.41, 5.74) is 2.03. The van der Waals surface area contributed by atoms with Crippen LogP contribution in [0, 0.1) is 13.8 Å². The number of rotatable bonds is 3. The van der Waals surface area contributed by atoms with Gasteiger partial charge in [0.25, 0.3) is 5.91 Å². The van der Waals surface area contributed by atoms with E-state index in [9.17, 15) is 4.79 Å². The maximum Gasteiger partial charge on any atom is 0.289 e. The zero-order valence-corrected chi connectivity index (χ0v) is 13.2. The first-order chi connectivity index (χ1) is 10.1. The minimum atomic E-state index is 0.00153. The minimum Gasteiger partial charge on any atom is -0.459 e. The fraction of sp³-hybridized carbons (Fsp3) is 0.467. The van der Waals surface area contributed by atoms with Crippen LogP contribution in [0.4, 0.5) is 0 Å². The van der Waals surface area contributed by atoms with E-state index in [0.29, 0.717) is 5.76 Å². The quantitative estimate of drug-likeness (QED) is 0.873. The van der Waals surface area contributed by atoms with Crippen molar-refractivity contribution in [3.63, 3.8) is 0 Å². The van der Waals surface area contributed by atoms with E-state index >= 15 is 0 Å².